The van der Waals surface area contributed by atoms with Crippen LogP contribution in [0.15, 0.2) is 0 Å². The van der Waals surface area contributed by atoms with Gasteiger partial charge >= 0.3 is 0 Å². The number of hydrogen-bond acceptors (Lipinski definition) is 2. The highest BCUT2D eigenvalue weighted by molar-refractivity contribution is 6.27. The van der Waals surface area contributed by atoms with Gasteiger partial charge in [0.2, 0.25) is 0 Å². The Bertz CT molecular complexity index is 171. The smallest absolute Gasteiger partial charge is 0.150 e. The molecule has 1 unspecified atom stereocenters. The van der Waals surface area contributed by atoms with Crippen molar-refractivity contribution in [3.8, 4) is 0 Å². The van der Waals surface area contributed by atoms with Gasteiger partial charge in [-0.1, -0.05) is 39.0 Å². The quantitative estimate of drug-likeness (QED) is 0.449. The molecule has 0 heterocycles. The predicted octanol–water partition coefficient (Wildman–Crippen LogP) is 3.54. The zero-order chi connectivity index (χ0) is 12.2. The number of halogens is 1. The number of carbonyl (C=O) groups is 1. The van der Waals surface area contributed by atoms with Gasteiger partial charge in [-0.25, -0.2) is 0 Å². The summed E-state index contributed by atoms with van der Waals surface area (Å²) in [5.74, 6) is 0.536. The van der Waals surface area contributed by atoms with E-state index in [9.17, 15) is 4.79 Å². The molecular weight excluding hydrogens is 224 g/mol. The molecule has 0 aromatic heterocycles. The molecule has 0 aliphatic heterocycles. The van der Waals surface area contributed by atoms with Crippen LogP contribution in [-0.2, 0) is 4.79 Å². The Morgan fingerprint density at radius 1 is 1.12 bits per heavy atom. The molecule has 0 aromatic rings. The van der Waals surface area contributed by atoms with Gasteiger partial charge in [0.1, 0.15) is 0 Å². The van der Waals surface area contributed by atoms with Crippen LogP contribution in [0.2, 0.25) is 0 Å². The van der Waals surface area contributed by atoms with Crippen molar-refractivity contribution in [1.82, 2.24) is 0 Å². The summed E-state index contributed by atoms with van der Waals surface area (Å²) in [5, 5.41) is 8.65. The lowest BCUT2D eigenvalue weighted by Crippen LogP contribution is -2.15. The summed E-state index contributed by atoms with van der Waals surface area (Å²) in [5.41, 5.74) is 0. The molecular formula is C13H25ClO2. The van der Waals surface area contributed by atoms with Crippen LogP contribution in [0, 0.1) is 5.92 Å². The van der Waals surface area contributed by atoms with E-state index >= 15 is 0 Å². The minimum absolute atomic E-state index is 0.158. The van der Waals surface area contributed by atoms with Crippen LogP contribution in [0.1, 0.15) is 58.3 Å². The van der Waals surface area contributed by atoms with Crippen LogP contribution < -0.4 is 0 Å². The van der Waals surface area contributed by atoms with Crippen molar-refractivity contribution in [2.75, 3.05) is 12.5 Å². The number of rotatable bonds is 11. The number of Topliss-reactive ketones (excluding diaryl/α,β-unsaturated/α-hetero) is 1. The maximum Gasteiger partial charge on any atom is 0.150 e. The van der Waals surface area contributed by atoms with Crippen molar-refractivity contribution < 1.29 is 9.90 Å². The van der Waals surface area contributed by atoms with E-state index in [0.717, 1.165) is 51.4 Å². The molecule has 0 radical (unpaired) electrons. The van der Waals surface area contributed by atoms with Crippen LogP contribution in [0.4, 0.5) is 0 Å². The summed E-state index contributed by atoms with van der Waals surface area (Å²) in [6, 6.07) is 0. The Balaban J connectivity index is 3.69. The lowest BCUT2D eigenvalue weighted by molar-refractivity contribution is -0.120. The summed E-state index contributed by atoms with van der Waals surface area (Å²) < 4.78 is 0. The fraction of sp³-hybridized carbons (Fsp3) is 0.923. The molecule has 0 saturated carbocycles. The van der Waals surface area contributed by atoms with E-state index in [-0.39, 0.29) is 24.2 Å². The average molecular weight is 249 g/mol. The first-order valence-corrected chi connectivity index (χ1v) is 6.99. The van der Waals surface area contributed by atoms with Crippen molar-refractivity contribution in [2.45, 2.75) is 58.3 Å². The first kappa shape index (κ1) is 15.9. The van der Waals surface area contributed by atoms with Crippen LogP contribution in [0.5, 0.6) is 0 Å². The minimum Gasteiger partial charge on any atom is -0.396 e. The fourth-order valence-electron chi connectivity index (χ4n) is 1.88. The van der Waals surface area contributed by atoms with Crippen LogP contribution in [0.3, 0.4) is 0 Å². The lowest BCUT2D eigenvalue weighted by atomic mass is 9.92. The second-order valence-electron chi connectivity index (χ2n) is 4.37. The van der Waals surface area contributed by atoms with E-state index < -0.39 is 0 Å². The molecule has 0 aromatic carbocycles. The SMILES string of the molecule is CCCCC(CCCCCCO)C(=O)CCl. The second-order valence-corrected chi connectivity index (χ2v) is 4.63. The Labute approximate surface area is 104 Å². The van der Waals surface area contributed by atoms with E-state index in [1.54, 1.807) is 0 Å². The van der Waals surface area contributed by atoms with Crippen molar-refractivity contribution in [2.24, 2.45) is 5.92 Å². The van der Waals surface area contributed by atoms with Gasteiger partial charge in [-0.15, -0.1) is 11.6 Å². The summed E-state index contributed by atoms with van der Waals surface area (Å²) in [6.45, 7) is 2.42. The Hall–Kier alpha value is -0.0800. The van der Waals surface area contributed by atoms with Gasteiger partial charge in [-0.05, 0) is 19.3 Å². The molecule has 0 saturated heterocycles. The van der Waals surface area contributed by atoms with Crippen molar-refractivity contribution in [3.05, 3.63) is 0 Å². The number of unbranched alkanes of at least 4 members (excludes halogenated alkanes) is 4. The van der Waals surface area contributed by atoms with Gasteiger partial charge in [0.05, 0.1) is 5.88 Å². The van der Waals surface area contributed by atoms with Crippen LogP contribution in [-0.4, -0.2) is 23.4 Å². The summed E-state index contributed by atoms with van der Waals surface area (Å²) in [7, 11) is 0. The van der Waals surface area contributed by atoms with Gasteiger partial charge in [-0.2, -0.15) is 0 Å². The summed E-state index contributed by atoms with van der Waals surface area (Å²) in [6.07, 6.45) is 8.34. The number of aliphatic hydroxyl groups is 1. The number of ketones is 1. The second kappa shape index (κ2) is 11.4. The van der Waals surface area contributed by atoms with Gasteiger partial charge in [-0.3, -0.25) is 4.79 Å². The van der Waals surface area contributed by atoms with Crippen molar-refractivity contribution in [1.29, 1.82) is 0 Å². The standard InChI is InChI=1S/C13H25ClO2/c1-2-3-8-12(13(16)11-14)9-6-4-5-7-10-15/h12,15H,2-11H2,1H3. The number of alkyl halides is 1. The van der Waals surface area contributed by atoms with Gasteiger partial charge in [0, 0.05) is 12.5 Å². The van der Waals surface area contributed by atoms with Gasteiger partial charge in [0.25, 0.3) is 0 Å². The first-order chi connectivity index (χ1) is 7.76. The molecule has 1 atom stereocenters. The molecule has 0 aliphatic rings. The first-order valence-electron chi connectivity index (χ1n) is 6.45. The molecule has 3 heteroatoms. The molecule has 0 amide bonds. The maximum atomic E-state index is 11.6. The minimum atomic E-state index is 0.158. The molecule has 1 N–H and O–H groups in total. The number of carbonyl (C=O) groups excluding carboxylic acids is 1. The zero-order valence-corrected chi connectivity index (χ0v) is 11.1. The lowest BCUT2D eigenvalue weighted by Gasteiger charge is -2.13. The van der Waals surface area contributed by atoms with E-state index in [2.05, 4.69) is 6.92 Å². The largest absolute Gasteiger partial charge is 0.396 e. The molecule has 0 fully saturated rings. The highest BCUT2D eigenvalue weighted by Gasteiger charge is 2.15. The monoisotopic (exact) mass is 248 g/mol. The molecule has 0 spiro atoms. The van der Waals surface area contributed by atoms with E-state index in [1.165, 1.54) is 0 Å². The highest BCUT2D eigenvalue weighted by atomic mass is 35.5. The third-order valence-corrected chi connectivity index (χ3v) is 3.22. The van der Waals surface area contributed by atoms with Gasteiger partial charge < -0.3 is 5.11 Å². The number of aliphatic hydroxyl groups excluding tert-OH is 1. The number of hydrogen-bond donors (Lipinski definition) is 1. The summed E-state index contributed by atoms with van der Waals surface area (Å²) >= 11 is 5.61. The Morgan fingerprint density at radius 3 is 2.31 bits per heavy atom. The van der Waals surface area contributed by atoms with Gasteiger partial charge in [0.15, 0.2) is 5.78 Å². The van der Waals surface area contributed by atoms with E-state index in [1.807, 2.05) is 0 Å². The normalized spacial score (nSPS) is 12.7. The topological polar surface area (TPSA) is 37.3 Å². The maximum absolute atomic E-state index is 11.6. The molecule has 96 valence electrons. The third kappa shape index (κ3) is 8.12. The predicted molar refractivity (Wildman–Crippen MR) is 68.9 cm³/mol. The fourth-order valence-corrected chi connectivity index (χ4v) is 2.10. The molecule has 16 heavy (non-hydrogen) atoms. The van der Waals surface area contributed by atoms with Crippen LogP contribution >= 0.6 is 11.6 Å². The zero-order valence-electron chi connectivity index (χ0n) is 10.4. The molecule has 0 aliphatic carbocycles. The molecule has 0 bridgehead atoms. The average Bonchev–Trinajstić information content (AvgIpc) is 2.31. The Kier molecular flexibility index (Phi) is 11.3. The Morgan fingerprint density at radius 2 is 1.75 bits per heavy atom. The van der Waals surface area contributed by atoms with Crippen LogP contribution in [0.25, 0.3) is 0 Å². The molecule has 2 nitrogen and oxygen atoms in total. The highest BCUT2D eigenvalue weighted by Crippen LogP contribution is 2.18. The molecule has 0 rings (SSSR count). The van der Waals surface area contributed by atoms with E-state index in [0.29, 0.717) is 0 Å². The van der Waals surface area contributed by atoms with Crippen molar-refractivity contribution in [3.63, 3.8) is 0 Å². The summed E-state index contributed by atoms with van der Waals surface area (Å²) in [4.78, 5) is 11.6. The third-order valence-electron chi connectivity index (χ3n) is 2.95. The van der Waals surface area contributed by atoms with Crippen molar-refractivity contribution >= 4 is 17.4 Å². The van der Waals surface area contributed by atoms with E-state index in [4.69, 9.17) is 16.7 Å².